The second-order valence-corrected chi connectivity index (χ2v) is 36.5. The van der Waals surface area contributed by atoms with E-state index >= 15 is 0 Å². The maximum absolute atomic E-state index is 11.9. The lowest BCUT2D eigenvalue weighted by atomic mass is 9.96. The number of benzene rings is 7. The number of nitrogens with zero attached hydrogens (tertiary/aromatic N) is 7. The normalized spacial score (nSPS) is 15.4. The molecule has 0 aliphatic carbocycles. The van der Waals surface area contributed by atoms with E-state index in [0.29, 0.717) is 18.0 Å². The molecule has 7 aromatic rings. The molecule has 0 saturated heterocycles. The molecule has 0 atom stereocenters. The third-order valence-corrected chi connectivity index (χ3v) is 21.4. The van der Waals surface area contributed by atoms with E-state index < -0.39 is 9.84 Å². The first kappa shape index (κ1) is 98.7. The molecule has 14 heteroatoms. The van der Waals surface area contributed by atoms with E-state index in [1.54, 1.807) is 12.1 Å². The molecule has 7 aliphatic heterocycles. The van der Waals surface area contributed by atoms with E-state index in [-0.39, 0.29) is 110 Å². The van der Waals surface area contributed by atoms with E-state index in [4.69, 9.17) is 4.74 Å². The van der Waals surface area contributed by atoms with Crippen molar-refractivity contribution in [2.45, 2.75) is 273 Å². The predicted octanol–water partition coefficient (Wildman–Crippen LogP) is 24.5. The molecule has 106 heavy (non-hydrogen) atoms. The van der Waals surface area contributed by atoms with Crippen LogP contribution in [0.4, 0.5) is 45.5 Å². The number of ether oxygens (including phenoxy) is 1. The SMILES string of the molecule is C.C.C.C.C.C.C.C.CC(C)(C)N1CC(=O)c2ccccc21.CC(C)(C)N1CCCc2ccccc21.CC(C)(C)N1CCOc2ccccc21.CC(C)(C)N1CCS(=O)(=O)c2ccccc21.CC(C)(C)N1CCSc2ccccc21.CC(C)(C)N1CCc2ccccc21.CC(C)(C)N1CNc2ccccc21. The van der Waals surface area contributed by atoms with Crippen LogP contribution in [0.25, 0.3) is 0 Å². The first-order chi connectivity index (χ1) is 45.8. The Labute approximate surface area is 655 Å². The molecule has 594 valence electrons. The first-order valence-corrected chi connectivity index (χ1v) is 38.2. The topological polar surface area (TPSA) is 95.1 Å². The van der Waals surface area contributed by atoms with Gasteiger partial charge in [0, 0.05) is 98.2 Å². The summed E-state index contributed by atoms with van der Waals surface area (Å²) in [7, 11) is -3.08. The van der Waals surface area contributed by atoms with Gasteiger partial charge in [0.15, 0.2) is 15.6 Å². The molecule has 14 rings (SSSR count). The van der Waals surface area contributed by atoms with Gasteiger partial charge < -0.3 is 44.4 Å². The Morgan fingerprint density at radius 1 is 0.368 bits per heavy atom. The molecule has 0 saturated carbocycles. The first-order valence-electron chi connectivity index (χ1n) is 35.6. The monoisotopic (exact) mass is 1500 g/mol. The number of hydrogen-bond donors (Lipinski definition) is 1. The lowest BCUT2D eigenvalue weighted by Crippen LogP contribution is -2.47. The fourth-order valence-electron chi connectivity index (χ4n) is 13.6. The van der Waals surface area contributed by atoms with Gasteiger partial charge in [-0.05, 0) is 249 Å². The maximum atomic E-state index is 11.9. The number of fused-ring (bicyclic) bond motifs is 7. The molecule has 0 unspecified atom stereocenters. The average molecular weight is 1500 g/mol. The number of rotatable bonds is 0. The molecule has 1 N–H and O–H groups in total. The number of nitrogens with one attached hydrogen (secondary N) is 1. The highest BCUT2D eigenvalue weighted by atomic mass is 32.2. The Hall–Kier alpha value is -7.29. The molecule has 7 aromatic carbocycles. The van der Waals surface area contributed by atoms with Crippen molar-refractivity contribution in [1.82, 2.24) is 0 Å². The summed E-state index contributed by atoms with van der Waals surface area (Å²) in [6.45, 7) is 53.9. The summed E-state index contributed by atoms with van der Waals surface area (Å²) in [6.07, 6.45) is 3.73. The van der Waals surface area contributed by atoms with Crippen LogP contribution in [0.3, 0.4) is 0 Å². The van der Waals surface area contributed by atoms with Crippen molar-refractivity contribution in [3.05, 3.63) is 187 Å². The third kappa shape index (κ3) is 25.1. The Bertz CT molecular complexity index is 3670. The molecule has 0 amide bonds. The number of sulfone groups is 1. The van der Waals surface area contributed by atoms with E-state index in [1.165, 1.54) is 88.3 Å². The average Bonchev–Trinajstić information content (AvgIpc) is 1.73. The molecule has 0 fully saturated rings. The van der Waals surface area contributed by atoms with Crippen LogP contribution < -0.4 is 44.4 Å². The smallest absolute Gasteiger partial charge is 0.184 e. The molecule has 0 aromatic heterocycles. The molecular weight excluding hydrogens is 1350 g/mol. The molecule has 7 aliphatic rings. The van der Waals surface area contributed by atoms with Crippen molar-refractivity contribution in [2.75, 3.05) is 104 Å². The minimum Gasteiger partial charge on any atom is -0.490 e. The van der Waals surface area contributed by atoms with Gasteiger partial charge in [-0.3, -0.25) is 4.79 Å². The third-order valence-electron chi connectivity index (χ3n) is 18.6. The van der Waals surface area contributed by atoms with Gasteiger partial charge in [0.2, 0.25) is 0 Å². The fourth-order valence-corrected chi connectivity index (χ4v) is 16.1. The van der Waals surface area contributed by atoms with Gasteiger partial charge >= 0.3 is 0 Å². The number of thioether (sulfide) groups is 1. The summed E-state index contributed by atoms with van der Waals surface area (Å²) < 4.78 is 29.4. The number of aryl methyl sites for hydroxylation is 1. The number of carbonyl (C=O) groups excluding carboxylic acids is 1. The van der Waals surface area contributed by atoms with Crippen LogP contribution in [0, 0.1) is 0 Å². The second kappa shape index (κ2) is 40.2. The Balaban J connectivity index is 0.00000120. The number of hydrogen-bond acceptors (Lipinski definition) is 13. The van der Waals surface area contributed by atoms with Gasteiger partial charge in [0.25, 0.3) is 0 Å². The van der Waals surface area contributed by atoms with Gasteiger partial charge in [-0.25, -0.2) is 8.42 Å². The van der Waals surface area contributed by atoms with Crippen LogP contribution in [0.1, 0.15) is 233 Å². The van der Waals surface area contributed by atoms with Gasteiger partial charge in [0.1, 0.15) is 12.4 Å². The van der Waals surface area contributed by atoms with E-state index in [0.717, 1.165) is 49.1 Å². The number of carbonyl (C=O) groups is 1. The van der Waals surface area contributed by atoms with Crippen molar-refractivity contribution in [2.24, 2.45) is 0 Å². The Kier molecular flexibility index (Phi) is 37.5. The number of para-hydroxylation sites is 9. The molecular formula is C92H150N8O4S2. The minimum atomic E-state index is -3.08. The zero-order valence-electron chi connectivity index (χ0n) is 63.4. The zero-order valence-corrected chi connectivity index (χ0v) is 65.1. The highest BCUT2D eigenvalue weighted by molar-refractivity contribution is 7.99. The number of anilines is 8. The summed E-state index contributed by atoms with van der Waals surface area (Å²) in [6, 6.07) is 58.0. The van der Waals surface area contributed by atoms with Crippen LogP contribution in [-0.4, -0.2) is 117 Å². The highest BCUT2D eigenvalue weighted by Gasteiger charge is 2.36. The number of Topliss-reactive ketones (excluding diaryl/α,β-unsaturated/α-hetero) is 1. The van der Waals surface area contributed by atoms with Crippen LogP contribution in [0.5, 0.6) is 5.75 Å². The van der Waals surface area contributed by atoms with Gasteiger partial charge in [-0.15, -0.1) is 11.8 Å². The van der Waals surface area contributed by atoms with Crippen molar-refractivity contribution in [1.29, 1.82) is 0 Å². The molecule has 0 radical (unpaired) electrons. The second-order valence-electron chi connectivity index (χ2n) is 33.3. The molecule has 0 spiro atoms. The largest absolute Gasteiger partial charge is 0.490 e. The van der Waals surface area contributed by atoms with Gasteiger partial charge in [0.05, 0.1) is 58.8 Å². The summed E-state index contributed by atoms with van der Waals surface area (Å²) in [5, 5.41) is 3.38. The van der Waals surface area contributed by atoms with Gasteiger partial charge in [-0.2, -0.15) is 0 Å². The van der Waals surface area contributed by atoms with E-state index in [9.17, 15) is 13.2 Å². The number of ketones is 1. The molecule has 12 nitrogen and oxygen atoms in total. The maximum Gasteiger partial charge on any atom is 0.184 e. The van der Waals surface area contributed by atoms with E-state index in [2.05, 4.69) is 294 Å². The van der Waals surface area contributed by atoms with E-state index in [1.807, 2.05) is 60.3 Å². The summed E-state index contributed by atoms with van der Waals surface area (Å²) >= 11 is 1.97. The molecule has 7 heterocycles. The standard InChI is InChI=1S/C13H19N.C12H17NO2S.C12H17NO.C12H15NO.C12H17NS.C12H17N.C11H16N2.8CH4/c1-13(2,3)14-10-6-8-11-7-4-5-9-12(11)14;1-12(2,3)13-8-9-16(14,15)11-7-5-4-6-10(11)13;1-12(2,3)13-8-9-14-11-7-5-4-6-10(11)13;1-12(2,3)13-8-11(14)9-6-4-5-7-10(9)13;1-12(2,3)13-8-9-14-11-7-5-4-6-10(11)13;1-12(2,3)13-9-8-10-6-4-5-7-11(10)13;1-11(2,3)13-8-12-9-6-4-5-7-10(9)13;;;;;;;;/h4-5,7,9H,6,8,10H2,1-3H3;4-7H,8-9H2,1-3H3;4-7H,8-9H2,1-3H3;4-7H,8H2,1-3H3;4-7H,8-9H2,1-3H3;4-7H,8-9H2,1-3H3;4-7,12H,8H2,1-3H3;8*1H4. The lowest BCUT2D eigenvalue weighted by molar-refractivity contribution is 0.101. The minimum absolute atomic E-state index is 0. The summed E-state index contributed by atoms with van der Waals surface area (Å²) in [5.74, 6) is 2.65. The lowest BCUT2D eigenvalue weighted by Gasteiger charge is -2.41. The van der Waals surface area contributed by atoms with Crippen LogP contribution in [-0.2, 0) is 22.7 Å². The van der Waals surface area contributed by atoms with Crippen molar-refractivity contribution in [3.63, 3.8) is 0 Å². The summed E-state index contributed by atoms with van der Waals surface area (Å²) in [5.41, 5.74) is 14.9. The van der Waals surface area contributed by atoms with Crippen LogP contribution >= 0.6 is 11.8 Å². The predicted molar refractivity (Wildman–Crippen MR) is 477 cm³/mol. The van der Waals surface area contributed by atoms with Crippen LogP contribution in [0.15, 0.2) is 180 Å². The van der Waals surface area contributed by atoms with Crippen molar-refractivity contribution < 1.29 is 17.9 Å². The van der Waals surface area contributed by atoms with Crippen molar-refractivity contribution >= 4 is 72.9 Å². The van der Waals surface area contributed by atoms with Gasteiger partial charge in [-0.1, -0.05) is 156 Å². The Morgan fingerprint density at radius 2 is 0.764 bits per heavy atom. The fraction of sp³-hybridized carbons (Fsp3) is 0.533. The van der Waals surface area contributed by atoms with Crippen molar-refractivity contribution in [3.8, 4) is 5.75 Å². The highest BCUT2D eigenvalue weighted by Crippen LogP contribution is 2.41. The Morgan fingerprint density at radius 3 is 1.30 bits per heavy atom. The summed E-state index contributed by atoms with van der Waals surface area (Å²) in [4.78, 5) is 30.2. The zero-order chi connectivity index (χ0) is 71.8. The quantitative estimate of drug-likeness (QED) is 0.156. The molecule has 0 bridgehead atoms. The van der Waals surface area contributed by atoms with Crippen LogP contribution in [0.2, 0.25) is 0 Å².